The minimum absolute atomic E-state index is 0.0550. The number of H-pyrrole nitrogens is 1. The molecule has 2 atom stereocenters. The summed E-state index contributed by atoms with van der Waals surface area (Å²) in [6.45, 7) is 3.06. The standard InChI is InChI=1S/C30H29N5O4/c1-18(27-32-23-12-3-4-13-24(23)33-27)31-28(36)19-8-7-15-34(17-19)25-14-6-11-22-26(25)30(38)35(29(22)37)20-9-5-10-21(16-20)39-2/h3-6,9-14,16,18-19H,7-8,15,17H2,1-2H3,(H,31,36)(H,32,33)/t18-,19-/m0/s1. The van der Waals surface area contributed by atoms with Gasteiger partial charge in [-0.3, -0.25) is 14.4 Å². The summed E-state index contributed by atoms with van der Waals surface area (Å²) < 4.78 is 5.28. The Labute approximate surface area is 225 Å². The van der Waals surface area contributed by atoms with Crippen molar-refractivity contribution < 1.29 is 19.1 Å². The molecule has 1 saturated heterocycles. The SMILES string of the molecule is COc1cccc(N2C(=O)c3cccc(N4CCC[C@H](C(=O)N[C@@H](C)c5nc6ccccc6[nH]5)C4)c3C2=O)c1. The number of imide groups is 1. The molecule has 0 spiro atoms. The highest BCUT2D eigenvalue weighted by atomic mass is 16.5. The lowest BCUT2D eigenvalue weighted by molar-refractivity contribution is -0.126. The largest absolute Gasteiger partial charge is 0.497 e. The van der Waals surface area contributed by atoms with Gasteiger partial charge in [-0.25, -0.2) is 9.88 Å². The number of benzene rings is 3. The van der Waals surface area contributed by atoms with Crippen molar-refractivity contribution in [1.29, 1.82) is 0 Å². The van der Waals surface area contributed by atoms with Crippen LogP contribution in [0, 0.1) is 5.92 Å². The number of nitrogens with one attached hydrogen (secondary N) is 2. The maximum absolute atomic E-state index is 13.6. The topological polar surface area (TPSA) is 108 Å². The first-order valence-corrected chi connectivity index (χ1v) is 13.1. The molecule has 2 N–H and O–H groups in total. The summed E-state index contributed by atoms with van der Waals surface area (Å²) in [6.07, 6.45) is 1.54. The maximum Gasteiger partial charge on any atom is 0.268 e. The predicted molar refractivity (Wildman–Crippen MR) is 148 cm³/mol. The fourth-order valence-corrected chi connectivity index (χ4v) is 5.50. The molecule has 0 saturated carbocycles. The van der Waals surface area contributed by atoms with E-state index < -0.39 is 0 Å². The third kappa shape index (κ3) is 4.39. The van der Waals surface area contributed by atoms with Crippen LogP contribution in [0.5, 0.6) is 5.75 Å². The van der Waals surface area contributed by atoms with E-state index in [0.29, 0.717) is 47.2 Å². The fourth-order valence-electron chi connectivity index (χ4n) is 5.50. The average molecular weight is 524 g/mol. The lowest BCUT2D eigenvalue weighted by Gasteiger charge is -2.35. The van der Waals surface area contributed by atoms with Crippen LogP contribution in [-0.2, 0) is 4.79 Å². The fraction of sp³-hybridized carbons (Fsp3) is 0.267. The number of carbonyl (C=O) groups is 3. The lowest BCUT2D eigenvalue weighted by atomic mass is 9.95. The highest BCUT2D eigenvalue weighted by Crippen LogP contribution is 2.37. The molecule has 198 valence electrons. The van der Waals surface area contributed by atoms with E-state index in [1.807, 2.05) is 37.3 Å². The second kappa shape index (κ2) is 9.90. The predicted octanol–water partition coefficient (Wildman–Crippen LogP) is 4.47. The number of anilines is 2. The summed E-state index contributed by atoms with van der Waals surface area (Å²) in [5.41, 5.74) is 3.67. The summed E-state index contributed by atoms with van der Waals surface area (Å²) in [6, 6.07) is 19.7. The van der Waals surface area contributed by atoms with E-state index in [0.717, 1.165) is 23.9 Å². The second-order valence-electron chi connectivity index (χ2n) is 10.0. The molecule has 1 aromatic heterocycles. The van der Waals surface area contributed by atoms with Crippen molar-refractivity contribution in [3.63, 3.8) is 0 Å². The summed E-state index contributed by atoms with van der Waals surface area (Å²) in [5, 5.41) is 3.11. The van der Waals surface area contributed by atoms with E-state index in [4.69, 9.17) is 4.74 Å². The summed E-state index contributed by atoms with van der Waals surface area (Å²) >= 11 is 0. The number of aromatic amines is 1. The van der Waals surface area contributed by atoms with E-state index in [-0.39, 0.29) is 29.7 Å². The number of carbonyl (C=O) groups excluding carboxylic acids is 3. The zero-order valence-electron chi connectivity index (χ0n) is 21.8. The zero-order valence-corrected chi connectivity index (χ0v) is 21.8. The van der Waals surface area contributed by atoms with Gasteiger partial charge in [-0.1, -0.05) is 24.3 Å². The molecule has 3 heterocycles. The number of aromatic nitrogens is 2. The van der Waals surface area contributed by atoms with Gasteiger partial charge < -0.3 is 19.9 Å². The van der Waals surface area contributed by atoms with E-state index in [1.165, 1.54) is 4.90 Å². The van der Waals surface area contributed by atoms with Crippen LogP contribution >= 0.6 is 0 Å². The number of nitrogens with zero attached hydrogens (tertiary/aromatic N) is 3. The molecular weight excluding hydrogens is 494 g/mol. The first kappa shape index (κ1) is 24.7. The molecule has 4 aromatic rings. The van der Waals surface area contributed by atoms with Crippen molar-refractivity contribution in [2.75, 3.05) is 30.0 Å². The van der Waals surface area contributed by atoms with Gasteiger partial charge >= 0.3 is 0 Å². The van der Waals surface area contributed by atoms with Crippen molar-refractivity contribution >= 4 is 40.1 Å². The molecule has 0 bridgehead atoms. The summed E-state index contributed by atoms with van der Waals surface area (Å²) in [5.74, 6) is 0.217. The summed E-state index contributed by atoms with van der Waals surface area (Å²) in [4.78, 5) is 51.4. The van der Waals surface area contributed by atoms with Crippen LogP contribution in [0.3, 0.4) is 0 Å². The highest BCUT2D eigenvalue weighted by molar-refractivity contribution is 6.36. The van der Waals surface area contributed by atoms with E-state index >= 15 is 0 Å². The number of piperidine rings is 1. The van der Waals surface area contributed by atoms with E-state index in [1.54, 1.807) is 43.5 Å². The Balaban J connectivity index is 1.21. The normalized spacial score (nSPS) is 17.8. The molecule has 0 aliphatic carbocycles. The van der Waals surface area contributed by atoms with Crippen LogP contribution < -0.4 is 19.9 Å². The van der Waals surface area contributed by atoms with Gasteiger partial charge in [0, 0.05) is 19.2 Å². The molecule has 0 radical (unpaired) electrons. The number of fused-ring (bicyclic) bond motifs is 2. The Morgan fingerprint density at radius 1 is 1.08 bits per heavy atom. The van der Waals surface area contributed by atoms with Crippen molar-refractivity contribution in [1.82, 2.24) is 15.3 Å². The Morgan fingerprint density at radius 2 is 1.90 bits per heavy atom. The van der Waals surface area contributed by atoms with Gasteiger partial charge in [0.1, 0.15) is 11.6 Å². The van der Waals surface area contributed by atoms with Crippen LogP contribution in [0.25, 0.3) is 11.0 Å². The maximum atomic E-state index is 13.6. The molecule has 3 aromatic carbocycles. The smallest absolute Gasteiger partial charge is 0.268 e. The third-order valence-corrected chi connectivity index (χ3v) is 7.51. The Bertz CT molecular complexity index is 1560. The molecule has 6 rings (SSSR count). The molecule has 1 fully saturated rings. The molecule has 9 nitrogen and oxygen atoms in total. The van der Waals surface area contributed by atoms with Gasteiger partial charge in [0.05, 0.1) is 52.6 Å². The Hall–Kier alpha value is -4.66. The summed E-state index contributed by atoms with van der Waals surface area (Å²) in [7, 11) is 1.54. The number of rotatable bonds is 6. The van der Waals surface area contributed by atoms with Crippen LogP contribution in [0.2, 0.25) is 0 Å². The van der Waals surface area contributed by atoms with E-state index in [2.05, 4.69) is 20.2 Å². The number of hydrogen-bond donors (Lipinski definition) is 2. The molecular formula is C30H29N5O4. The Kier molecular flexibility index (Phi) is 6.26. The minimum atomic E-state index is -0.371. The third-order valence-electron chi connectivity index (χ3n) is 7.51. The number of imidazole rings is 1. The van der Waals surface area contributed by atoms with Crippen LogP contribution in [0.4, 0.5) is 11.4 Å². The van der Waals surface area contributed by atoms with Crippen LogP contribution in [0.15, 0.2) is 66.7 Å². The quantitative estimate of drug-likeness (QED) is 0.361. The van der Waals surface area contributed by atoms with Gasteiger partial charge in [0.15, 0.2) is 0 Å². The van der Waals surface area contributed by atoms with E-state index in [9.17, 15) is 14.4 Å². The van der Waals surface area contributed by atoms with Gasteiger partial charge in [0.2, 0.25) is 5.91 Å². The zero-order chi connectivity index (χ0) is 27.1. The van der Waals surface area contributed by atoms with Crippen molar-refractivity contribution in [2.45, 2.75) is 25.8 Å². The van der Waals surface area contributed by atoms with Gasteiger partial charge in [0.25, 0.3) is 11.8 Å². The Morgan fingerprint density at radius 3 is 2.72 bits per heavy atom. The lowest BCUT2D eigenvalue weighted by Crippen LogP contribution is -2.44. The van der Waals surface area contributed by atoms with Gasteiger partial charge in [-0.15, -0.1) is 0 Å². The number of ether oxygens (including phenoxy) is 1. The number of methoxy groups -OCH3 is 1. The molecule has 39 heavy (non-hydrogen) atoms. The molecule has 3 amide bonds. The van der Waals surface area contributed by atoms with Gasteiger partial charge in [-0.2, -0.15) is 0 Å². The van der Waals surface area contributed by atoms with Gasteiger partial charge in [-0.05, 0) is 56.2 Å². The molecule has 2 aliphatic heterocycles. The van der Waals surface area contributed by atoms with Crippen molar-refractivity contribution in [3.8, 4) is 5.75 Å². The minimum Gasteiger partial charge on any atom is -0.497 e. The van der Waals surface area contributed by atoms with Crippen LogP contribution in [-0.4, -0.2) is 47.9 Å². The highest BCUT2D eigenvalue weighted by Gasteiger charge is 2.40. The molecule has 0 unspecified atom stereocenters. The second-order valence-corrected chi connectivity index (χ2v) is 10.0. The first-order valence-electron chi connectivity index (χ1n) is 13.1. The average Bonchev–Trinajstić information content (AvgIpc) is 3.52. The molecule has 2 aliphatic rings. The van der Waals surface area contributed by atoms with Crippen LogP contribution in [0.1, 0.15) is 52.3 Å². The van der Waals surface area contributed by atoms with Crippen molar-refractivity contribution in [3.05, 3.63) is 83.7 Å². The number of amides is 3. The molecule has 9 heteroatoms. The first-order chi connectivity index (χ1) is 18.9. The monoisotopic (exact) mass is 523 g/mol. The number of hydrogen-bond acceptors (Lipinski definition) is 6. The van der Waals surface area contributed by atoms with Crippen molar-refractivity contribution in [2.24, 2.45) is 5.92 Å². The number of para-hydroxylation sites is 2.